The zero-order valence-corrected chi connectivity index (χ0v) is 19.4. The number of halogens is 1. The number of morpholine rings is 1. The number of amides is 1. The molecule has 1 saturated heterocycles. The highest BCUT2D eigenvalue weighted by molar-refractivity contribution is 7.89. The molecule has 35 heavy (non-hydrogen) atoms. The van der Waals surface area contributed by atoms with Crippen LogP contribution in [0.1, 0.15) is 22.0 Å². The van der Waals surface area contributed by atoms with Crippen molar-refractivity contribution in [1.29, 1.82) is 0 Å². The van der Waals surface area contributed by atoms with Gasteiger partial charge in [-0.2, -0.15) is 4.31 Å². The molecule has 182 valence electrons. The highest BCUT2D eigenvalue weighted by Crippen LogP contribution is 2.25. The van der Waals surface area contributed by atoms with E-state index in [9.17, 15) is 22.4 Å². The number of ether oxygens (including phenoxy) is 2. The Balaban J connectivity index is 1.57. The van der Waals surface area contributed by atoms with Gasteiger partial charge in [-0.25, -0.2) is 17.6 Å². The van der Waals surface area contributed by atoms with E-state index >= 15 is 0 Å². The fourth-order valence-corrected chi connectivity index (χ4v) is 5.03. The monoisotopic (exact) mass is 498 g/mol. The number of nitrogens with one attached hydrogen (secondary N) is 1. The van der Waals surface area contributed by atoms with E-state index in [1.807, 2.05) is 0 Å². The van der Waals surface area contributed by atoms with Gasteiger partial charge in [0.25, 0.3) is 5.91 Å². The molecule has 1 atom stereocenters. The van der Waals surface area contributed by atoms with Gasteiger partial charge in [0.1, 0.15) is 5.82 Å². The predicted octanol–water partition coefficient (Wildman–Crippen LogP) is 3.38. The number of carbonyl (C=O) groups is 2. The third-order valence-electron chi connectivity index (χ3n) is 5.37. The van der Waals surface area contributed by atoms with Crippen molar-refractivity contribution in [3.63, 3.8) is 0 Å². The average Bonchev–Trinajstić information content (AvgIpc) is 2.88. The van der Waals surface area contributed by atoms with Crippen LogP contribution >= 0.6 is 0 Å². The van der Waals surface area contributed by atoms with Crippen LogP contribution in [0, 0.1) is 5.82 Å². The summed E-state index contributed by atoms with van der Waals surface area (Å²) in [4.78, 5) is 25.8. The van der Waals surface area contributed by atoms with Crippen molar-refractivity contribution in [2.24, 2.45) is 0 Å². The Hall–Kier alpha value is -3.60. The second kappa shape index (κ2) is 10.8. The van der Waals surface area contributed by atoms with E-state index in [2.05, 4.69) is 5.32 Å². The lowest BCUT2D eigenvalue weighted by molar-refractivity contribution is -0.125. The first-order chi connectivity index (χ1) is 16.9. The second-order valence-electron chi connectivity index (χ2n) is 7.71. The van der Waals surface area contributed by atoms with Crippen molar-refractivity contribution in [2.45, 2.75) is 11.0 Å². The molecule has 1 N–H and O–H groups in total. The first-order valence-corrected chi connectivity index (χ1v) is 12.3. The first kappa shape index (κ1) is 24.5. The number of esters is 1. The number of carbonyl (C=O) groups excluding carboxylic acids is 2. The quantitative estimate of drug-likeness (QED) is 0.501. The molecule has 8 nitrogen and oxygen atoms in total. The molecule has 1 amide bonds. The van der Waals surface area contributed by atoms with Gasteiger partial charge in [-0.15, -0.1) is 0 Å². The van der Waals surface area contributed by atoms with Crippen LogP contribution in [0.3, 0.4) is 0 Å². The minimum atomic E-state index is -3.78. The van der Waals surface area contributed by atoms with E-state index in [0.717, 1.165) is 6.07 Å². The largest absolute Gasteiger partial charge is 0.444 e. The summed E-state index contributed by atoms with van der Waals surface area (Å²) in [5, 5.41) is 2.61. The van der Waals surface area contributed by atoms with Crippen LogP contribution in [-0.4, -0.2) is 50.9 Å². The molecule has 0 spiro atoms. The Kier molecular flexibility index (Phi) is 7.54. The summed E-state index contributed by atoms with van der Waals surface area (Å²) in [7, 11) is -3.78. The molecule has 1 aliphatic rings. The van der Waals surface area contributed by atoms with E-state index in [-0.39, 0.29) is 29.2 Å². The molecule has 10 heteroatoms. The third-order valence-corrected chi connectivity index (χ3v) is 7.26. The summed E-state index contributed by atoms with van der Waals surface area (Å²) >= 11 is 0. The Morgan fingerprint density at radius 2 is 1.63 bits per heavy atom. The smallest absolute Gasteiger partial charge is 0.342 e. The maximum absolute atomic E-state index is 14.1. The van der Waals surface area contributed by atoms with Crippen LogP contribution in [0.15, 0.2) is 83.8 Å². The number of hydrogen-bond acceptors (Lipinski definition) is 6. The molecule has 0 aromatic heterocycles. The van der Waals surface area contributed by atoms with E-state index in [1.165, 1.54) is 46.8 Å². The Labute approximate surface area is 202 Å². The van der Waals surface area contributed by atoms with Crippen molar-refractivity contribution in [2.75, 3.05) is 31.6 Å². The van der Waals surface area contributed by atoms with E-state index in [0.29, 0.717) is 18.8 Å². The van der Waals surface area contributed by atoms with Crippen molar-refractivity contribution < 1.29 is 31.9 Å². The molecule has 1 heterocycles. The van der Waals surface area contributed by atoms with Crippen molar-refractivity contribution >= 4 is 27.6 Å². The number of sulfonamides is 1. The number of rotatable bonds is 7. The molecule has 0 bridgehead atoms. The topological polar surface area (TPSA) is 102 Å². The van der Waals surface area contributed by atoms with E-state index in [1.54, 1.807) is 30.3 Å². The van der Waals surface area contributed by atoms with Crippen molar-refractivity contribution in [3.8, 4) is 0 Å². The Bertz CT molecular complexity index is 1310. The van der Waals surface area contributed by atoms with Gasteiger partial charge in [0.05, 0.1) is 23.7 Å². The zero-order chi connectivity index (χ0) is 24.8. The molecule has 1 fully saturated rings. The molecule has 0 aliphatic carbocycles. The summed E-state index contributed by atoms with van der Waals surface area (Å²) in [6.45, 7) is 1.09. The summed E-state index contributed by atoms with van der Waals surface area (Å²) in [6.07, 6.45) is -1.40. The summed E-state index contributed by atoms with van der Waals surface area (Å²) < 4.78 is 52.0. The molecular weight excluding hydrogens is 475 g/mol. The fourth-order valence-electron chi connectivity index (χ4n) is 3.58. The van der Waals surface area contributed by atoms with Gasteiger partial charge in [-0.3, -0.25) is 4.79 Å². The maximum Gasteiger partial charge on any atom is 0.342 e. The standard InChI is InChI=1S/C25H23FN2O6S/c26-22-12-5-4-11-21(22)25(30)34-23(18-7-2-1-3-8-18)24(29)27-19-9-6-10-20(17-19)35(31,32)28-13-15-33-16-14-28/h1-12,17,23H,13-16H2,(H,27,29)/t23-/m1/s1. The lowest BCUT2D eigenvalue weighted by atomic mass is 10.1. The molecular formula is C25H23FN2O6S. The number of nitrogens with zero attached hydrogens (tertiary/aromatic N) is 1. The van der Waals surface area contributed by atoms with Crippen LogP contribution in [-0.2, 0) is 24.3 Å². The molecule has 3 aromatic carbocycles. The van der Waals surface area contributed by atoms with Gasteiger partial charge < -0.3 is 14.8 Å². The summed E-state index contributed by atoms with van der Waals surface area (Å²) in [5.74, 6) is -2.50. The highest BCUT2D eigenvalue weighted by atomic mass is 32.2. The number of benzene rings is 3. The average molecular weight is 499 g/mol. The SMILES string of the molecule is O=C(O[C@@H](C(=O)Nc1cccc(S(=O)(=O)N2CCOCC2)c1)c1ccccc1)c1ccccc1F. The summed E-state index contributed by atoms with van der Waals surface area (Å²) in [5.41, 5.74) is 0.263. The number of hydrogen-bond donors (Lipinski definition) is 1. The molecule has 0 saturated carbocycles. The predicted molar refractivity (Wildman–Crippen MR) is 126 cm³/mol. The second-order valence-corrected chi connectivity index (χ2v) is 9.65. The Morgan fingerprint density at radius 3 is 2.34 bits per heavy atom. The van der Waals surface area contributed by atoms with Crippen LogP contribution in [0.25, 0.3) is 0 Å². The van der Waals surface area contributed by atoms with Crippen LogP contribution in [0.5, 0.6) is 0 Å². The van der Waals surface area contributed by atoms with Gasteiger partial charge in [0.15, 0.2) is 0 Å². The minimum absolute atomic E-state index is 0.0109. The van der Waals surface area contributed by atoms with Gasteiger partial charge >= 0.3 is 5.97 Å². The third kappa shape index (κ3) is 5.73. The lowest BCUT2D eigenvalue weighted by Crippen LogP contribution is -2.40. The fraction of sp³-hybridized carbons (Fsp3) is 0.200. The first-order valence-electron chi connectivity index (χ1n) is 10.9. The normalized spacial score (nSPS) is 15.2. The van der Waals surface area contributed by atoms with E-state index < -0.39 is 33.8 Å². The van der Waals surface area contributed by atoms with Crippen LogP contribution in [0.4, 0.5) is 10.1 Å². The van der Waals surface area contributed by atoms with Crippen molar-refractivity contribution in [1.82, 2.24) is 4.31 Å². The van der Waals surface area contributed by atoms with Gasteiger partial charge in [0.2, 0.25) is 16.1 Å². The summed E-state index contributed by atoms with van der Waals surface area (Å²) in [6, 6.07) is 19.4. The maximum atomic E-state index is 14.1. The van der Waals surface area contributed by atoms with Gasteiger partial charge in [-0.05, 0) is 30.3 Å². The Morgan fingerprint density at radius 1 is 0.943 bits per heavy atom. The van der Waals surface area contributed by atoms with Gasteiger partial charge in [-0.1, -0.05) is 48.5 Å². The molecule has 3 aromatic rings. The van der Waals surface area contributed by atoms with Crippen LogP contribution in [0.2, 0.25) is 0 Å². The lowest BCUT2D eigenvalue weighted by Gasteiger charge is -2.26. The molecule has 0 radical (unpaired) electrons. The number of anilines is 1. The van der Waals surface area contributed by atoms with Gasteiger partial charge in [0, 0.05) is 24.3 Å². The van der Waals surface area contributed by atoms with Crippen LogP contribution < -0.4 is 5.32 Å². The van der Waals surface area contributed by atoms with E-state index in [4.69, 9.17) is 9.47 Å². The highest BCUT2D eigenvalue weighted by Gasteiger charge is 2.29. The molecule has 0 unspecified atom stereocenters. The molecule has 1 aliphatic heterocycles. The molecule has 4 rings (SSSR count). The van der Waals surface area contributed by atoms with Crippen molar-refractivity contribution in [3.05, 3.63) is 95.8 Å². The zero-order valence-electron chi connectivity index (χ0n) is 18.6. The minimum Gasteiger partial charge on any atom is -0.444 e.